The molecule has 1 aliphatic rings. The van der Waals surface area contributed by atoms with E-state index in [2.05, 4.69) is 54.0 Å². The molecule has 2 heteroatoms. The lowest BCUT2D eigenvalue weighted by Gasteiger charge is -2.36. The molecule has 0 saturated carbocycles. The van der Waals surface area contributed by atoms with Gasteiger partial charge in [0.2, 0.25) is 0 Å². The van der Waals surface area contributed by atoms with Gasteiger partial charge in [0.15, 0.2) is 0 Å². The number of hydrogen-bond acceptors (Lipinski definition) is 2. The van der Waals surface area contributed by atoms with Gasteiger partial charge in [-0.15, -0.1) is 0 Å². The summed E-state index contributed by atoms with van der Waals surface area (Å²) in [5.74, 6) is 0. The predicted octanol–water partition coefficient (Wildman–Crippen LogP) is 2.26. The van der Waals surface area contributed by atoms with E-state index in [0.29, 0.717) is 6.04 Å². The Morgan fingerprint density at radius 3 is 2.24 bits per heavy atom. The fourth-order valence-corrected chi connectivity index (χ4v) is 2.44. The first kappa shape index (κ1) is 12.6. The van der Waals surface area contributed by atoms with Crippen LogP contribution in [0.2, 0.25) is 0 Å². The minimum absolute atomic E-state index is 0.700. The Bertz CT molecular complexity index is 313. The van der Waals surface area contributed by atoms with Gasteiger partial charge < -0.3 is 4.90 Å². The molecule has 0 bridgehead atoms. The topological polar surface area (TPSA) is 6.48 Å². The van der Waals surface area contributed by atoms with Crippen LogP contribution in [0, 0.1) is 0 Å². The Morgan fingerprint density at radius 2 is 1.65 bits per heavy atom. The molecule has 1 saturated heterocycles. The van der Waals surface area contributed by atoms with Gasteiger partial charge in [0.1, 0.15) is 0 Å². The van der Waals surface area contributed by atoms with Crippen molar-refractivity contribution in [3.8, 4) is 0 Å². The van der Waals surface area contributed by atoms with Gasteiger partial charge in [-0.2, -0.15) is 0 Å². The fourth-order valence-electron chi connectivity index (χ4n) is 2.44. The molecule has 0 spiro atoms. The van der Waals surface area contributed by atoms with E-state index >= 15 is 0 Å². The van der Waals surface area contributed by atoms with Crippen molar-refractivity contribution in [2.75, 3.05) is 32.7 Å². The van der Waals surface area contributed by atoms with E-state index in [9.17, 15) is 0 Å². The van der Waals surface area contributed by atoms with Crippen molar-refractivity contribution in [3.05, 3.63) is 35.9 Å². The quantitative estimate of drug-likeness (QED) is 0.785. The first-order chi connectivity index (χ1) is 8.25. The molecule has 0 amide bonds. The highest BCUT2D eigenvalue weighted by atomic mass is 15.3. The van der Waals surface area contributed by atoms with Gasteiger partial charge >= 0.3 is 0 Å². The molecule has 1 aromatic rings. The molecule has 2 rings (SSSR count). The third kappa shape index (κ3) is 3.83. The summed E-state index contributed by atoms with van der Waals surface area (Å²) in [6.07, 6.45) is 1.18. The molecule has 2 nitrogen and oxygen atoms in total. The number of hydrogen-bond donors (Lipinski definition) is 0. The van der Waals surface area contributed by atoms with Crippen molar-refractivity contribution in [2.24, 2.45) is 0 Å². The minimum Gasteiger partial charge on any atom is -0.300 e. The highest BCUT2D eigenvalue weighted by Gasteiger charge is 2.17. The van der Waals surface area contributed by atoms with Crippen molar-refractivity contribution in [1.29, 1.82) is 0 Å². The fraction of sp³-hybridized carbons (Fsp3) is 0.600. The summed E-state index contributed by atoms with van der Waals surface area (Å²) in [5.41, 5.74) is 1.46. The maximum absolute atomic E-state index is 2.59. The van der Waals surface area contributed by atoms with Crippen LogP contribution in [0.25, 0.3) is 0 Å². The second-order valence-corrected chi connectivity index (χ2v) is 5.21. The van der Waals surface area contributed by atoms with Gasteiger partial charge in [0.25, 0.3) is 0 Å². The Morgan fingerprint density at radius 1 is 1.00 bits per heavy atom. The Balaban J connectivity index is 1.72. The van der Waals surface area contributed by atoms with E-state index < -0.39 is 0 Å². The summed E-state index contributed by atoms with van der Waals surface area (Å²) >= 11 is 0. The molecular formula is C15H24N2. The summed E-state index contributed by atoms with van der Waals surface area (Å²) in [5, 5.41) is 0. The van der Waals surface area contributed by atoms with Crippen LogP contribution in [0.5, 0.6) is 0 Å². The normalized spacial score (nSPS) is 18.8. The molecule has 0 aliphatic carbocycles. The van der Waals surface area contributed by atoms with E-state index in [0.717, 1.165) is 0 Å². The van der Waals surface area contributed by atoms with E-state index in [4.69, 9.17) is 0 Å². The zero-order valence-electron chi connectivity index (χ0n) is 11.1. The summed E-state index contributed by atoms with van der Waals surface area (Å²) in [6.45, 7) is 10.7. The summed E-state index contributed by atoms with van der Waals surface area (Å²) in [7, 11) is 0. The number of piperazine rings is 1. The van der Waals surface area contributed by atoms with Gasteiger partial charge in [0.05, 0.1) is 0 Å². The third-order valence-electron chi connectivity index (χ3n) is 3.70. The van der Waals surface area contributed by atoms with Crippen LogP contribution in [-0.4, -0.2) is 48.6 Å². The SMILES string of the molecule is CC(C)N1CCN(CCc2ccccc2)CC1. The molecule has 1 heterocycles. The molecule has 1 aliphatic heterocycles. The minimum atomic E-state index is 0.700. The summed E-state index contributed by atoms with van der Waals surface area (Å²) < 4.78 is 0. The number of nitrogens with zero attached hydrogens (tertiary/aromatic N) is 2. The Hall–Kier alpha value is -0.860. The monoisotopic (exact) mass is 232 g/mol. The van der Waals surface area contributed by atoms with Crippen LogP contribution in [0.3, 0.4) is 0 Å². The molecule has 0 unspecified atom stereocenters. The van der Waals surface area contributed by atoms with Gasteiger partial charge in [-0.1, -0.05) is 30.3 Å². The highest BCUT2D eigenvalue weighted by molar-refractivity contribution is 5.14. The van der Waals surface area contributed by atoms with E-state index in [1.54, 1.807) is 0 Å². The Kier molecular flexibility index (Phi) is 4.57. The molecule has 0 radical (unpaired) electrons. The van der Waals surface area contributed by atoms with E-state index in [1.165, 1.54) is 44.7 Å². The second-order valence-electron chi connectivity index (χ2n) is 5.21. The van der Waals surface area contributed by atoms with Gasteiger partial charge in [-0.3, -0.25) is 4.90 Å². The zero-order valence-corrected chi connectivity index (χ0v) is 11.1. The third-order valence-corrected chi connectivity index (χ3v) is 3.70. The van der Waals surface area contributed by atoms with E-state index in [-0.39, 0.29) is 0 Å². The van der Waals surface area contributed by atoms with Crippen molar-refractivity contribution in [3.63, 3.8) is 0 Å². The Labute approximate surface area is 105 Å². The summed E-state index contributed by atoms with van der Waals surface area (Å²) in [4.78, 5) is 5.16. The van der Waals surface area contributed by atoms with Crippen molar-refractivity contribution in [2.45, 2.75) is 26.3 Å². The molecule has 0 atom stereocenters. The van der Waals surface area contributed by atoms with Crippen molar-refractivity contribution >= 4 is 0 Å². The zero-order chi connectivity index (χ0) is 12.1. The molecule has 0 N–H and O–H groups in total. The van der Waals surface area contributed by atoms with Crippen LogP contribution < -0.4 is 0 Å². The molecule has 94 valence electrons. The maximum atomic E-state index is 2.59. The number of benzene rings is 1. The molecule has 1 aromatic carbocycles. The van der Waals surface area contributed by atoms with Gasteiger partial charge in [0, 0.05) is 38.8 Å². The van der Waals surface area contributed by atoms with Gasteiger partial charge in [-0.25, -0.2) is 0 Å². The predicted molar refractivity (Wildman–Crippen MR) is 73.3 cm³/mol. The molecular weight excluding hydrogens is 208 g/mol. The van der Waals surface area contributed by atoms with E-state index in [1.807, 2.05) is 0 Å². The van der Waals surface area contributed by atoms with Crippen LogP contribution >= 0.6 is 0 Å². The smallest absolute Gasteiger partial charge is 0.0113 e. The second kappa shape index (κ2) is 6.18. The largest absolute Gasteiger partial charge is 0.300 e. The molecule has 1 fully saturated rings. The average Bonchev–Trinajstić information content (AvgIpc) is 2.38. The lowest BCUT2D eigenvalue weighted by atomic mass is 10.1. The average molecular weight is 232 g/mol. The van der Waals surface area contributed by atoms with Crippen molar-refractivity contribution in [1.82, 2.24) is 9.80 Å². The first-order valence-electron chi connectivity index (χ1n) is 6.76. The highest BCUT2D eigenvalue weighted by Crippen LogP contribution is 2.07. The van der Waals surface area contributed by atoms with Gasteiger partial charge in [-0.05, 0) is 25.8 Å². The molecule has 17 heavy (non-hydrogen) atoms. The maximum Gasteiger partial charge on any atom is 0.0113 e. The molecule has 0 aromatic heterocycles. The van der Waals surface area contributed by atoms with Crippen LogP contribution in [0.15, 0.2) is 30.3 Å². The van der Waals surface area contributed by atoms with Crippen LogP contribution in [0.4, 0.5) is 0 Å². The van der Waals surface area contributed by atoms with Crippen molar-refractivity contribution < 1.29 is 0 Å². The lowest BCUT2D eigenvalue weighted by molar-refractivity contribution is 0.109. The standard InChI is InChI=1S/C15H24N2/c1-14(2)17-12-10-16(11-13-17)9-8-15-6-4-3-5-7-15/h3-7,14H,8-13H2,1-2H3. The number of rotatable bonds is 4. The van der Waals surface area contributed by atoms with Crippen LogP contribution in [0.1, 0.15) is 19.4 Å². The van der Waals surface area contributed by atoms with Crippen LogP contribution in [-0.2, 0) is 6.42 Å². The first-order valence-corrected chi connectivity index (χ1v) is 6.76. The lowest BCUT2D eigenvalue weighted by Crippen LogP contribution is -2.49. The summed E-state index contributed by atoms with van der Waals surface area (Å²) in [6, 6.07) is 11.5.